The molecule has 2 nitrogen and oxygen atoms in total. The largest absolute Gasteiger partial charge is 0.382 e. The molecule has 0 saturated heterocycles. The van der Waals surface area contributed by atoms with Crippen molar-refractivity contribution in [1.29, 1.82) is 0 Å². The van der Waals surface area contributed by atoms with Crippen LogP contribution < -0.4 is 5.73 Å². The van der Waals surface area contributed by atoms with Gasteiger partial charge in [0.1, 0.15) is 0 Å². The molecule has 2 N–H and O–H groups in total. The van der Waals surface area contributed by atoms with Gasteiger partial charge in [0.05, 0.1) is 0 Å². The molecular weight excluding hydrogens is 170 g/mol. The molecule has 0 bridgehead atoms. The smallest absolute Gasteiger partial charge is 0.0483 e. The predicted octanol–water partition coefficient (Wildman–Crippen LogP) is 2.17. The summed E-state index contributed by atoms with van der Waals surface area (Å²) in [5, 5.41) is 4.15. The number of hydrogen-bond acceptors (Lipinski definition) is 3. The fourth-order valence-corrected chi connectivity index (χ4v) is 1.73. The maximum Gasteiger partial charge on any atom is 0.0483 e. The molecule has 0 fully saturated rings. The molecule has 1 atom stereocenters. The van der Waals surface area contributed by atoms with Crippen molar-refractivity contribution in [3.8, 4) is 0 Å². The van der Waals surface area contributed by atoms with Gasteiger partial charge >= 0.3 is 0 Å². The third-order valence-electron chi connectivity index (χ3n) is 1.75. The van der Waals surface area contributed by atoms with Crippen molar-refractivity contribution in [3.63, 3.8) is 0 Å². The molecule has 68 valence electrons. The lowest BCUT2D eigenvalue weighted by molar-refractivity contribution is 0.140. The minimum atomic E-state index is 0.141. The second-order valence-corrected chi connectivity index (χ2v) is 3.43. The lowest BCUT2D eigenvalue weighted by Crippen LogP contribution is -2.12. The molecule has 0 aromatic carbocycles. The zero-order chi connectivity index (χ0) is 8.81. The Morgan fingerprint density at radius 1 is 1.67 bits per heavy atom. The highest BCUT2D eigenvalue weighted by Gasteiger charge is 2.04. The number of thiophene rings is 1. The first-order valence-corrected chi connectivity index (χ1v) is 5.14. The molecular formula is C9H15NOS. The summed E-state index contributed by atoms with van der Waals surface area (Å²) in [6.45, 7) is 3.53. The molecule has 0 aliphatic carbocycles. The third kappa shape index (κ3) is 2.93. The van der Waals surface area contributed by atoms with Crippen LogP contribution in [0.25, 0.3) is 0 Å². The predicted molar refractivity (Wildman–Crippen MR) is 52.4 cm³/mol. The van der Waals surface area contributed by atoms with Gasteiger partial charge in [0.25, 0.3) is 0 Å². The summed E-state index contributed by atoms with van der Waals surface area (Å²) >= 11 is 1.69. The summed E-state index contributed by atoms with van der Waals surface area (Å²) in [5.74, 6) is 0. The number of nitrogens with two attached hydrogens (primary N) is 1. The van der Waals surface area contributed by atoms with Gasteiger partial charge < -0.3 is 10.5 Å². The van der Waals surface area contributed by atoms with E-state index in [0.717, 1.165) is 19.6 Å². The molecule has 0 saturated carbocycles. The fourth-order valence-electron chi connectivity index (χ4n) is 1.01. The number of ether oxygens (including phenoxy) is 1. The summed E-state index contributed by atoms with van der Waals surface area (Å²) in [6.07, 6.45) is 0.907. The topological polar surface area (TPSA) is 35.2 Å². The van der Waals surface area contributed by atoms with Gasteiger partial charge in [0.2, 0.25) is 0 Å². The first-order valence-electron chi connectivity index (χ1n) is 4.20. The van der Waals surface area contributed by atoms with E-state index in [1.165, 1.54) is 5.56 Å². The molecule has 0 aliphatic heterocycles. The van der Waals surface area contributed by atoms with E-state index in [9.17, 15) is 0 Å². The van der Waals surface area contributed by atoms with Crippen molar-refractivity contribution in [3.05, 3.63) is 22.4 Å². The Morgan fingerprint density at radius 2 is 2.50 bits per heavy atom. The zero-order valence-corrected chi connectivity index (χ0v) is 8.14. The Labute approximate surface area is 77.3 Å². The maximum atomic E-state index is 5.91. The van der Waals surface area contributed by atoms with Crippen LogP contribution in [-0.2, 0) is 4.74 Å². The monoisotopic (exact) mass is 185 g/mol. The van der Waals surface area contributed by atoms with Crippen LogP contribution in [0.3, 0.4) is 0 Å². The molecule has 0 spiro atoms. The first kappa shape index (κ1) is 9.71. The molecule has 1 heterocycles. The SMILES string of the molecule is CCOCCC(N)c1ccsc1. The molecule has 1 rings (SSSR count). The van der Waals surface area contributed by atoms with Gasteiger partial charge in [0.15, 0.2) is 0 Å². The van der Waals surface area contributed by atoms with E-state index in [4.69, 9.17) is 10.5 Å². The van der Waals surface area contributed by atoms with Crippen LogP contribution in [0.5, 0.6) is 0 Å². The van der Waals surface area contributed by atoms with Crippen molar-refractivity contribution in [1.82, 2.24) is 0 Å². The van der Waals surface area contributed by atoms with Crippen molar-refractivity contribution in [2.24, 2.45) is 5.73 Å². The normalized spacial score (nSPS) is 13.2. The quantitative estimate of drug-likeness (QED) is 0.714. The fraction of sp³-hybridized carbons (Fsp3) is 0.556. The van der Waals surface area contributed by atoms with Crippen LogP contribution in [0.4, 0.5) is 0 Å². The van der Waals surface area contributed by atoms with Crippen LogP contribution >= 0.6 is 11.3 Å². The van der Waals surface area contributed by atoms with E-state index < -0.39 is 0 Å². The average molecular weight is 185 g/mol. The molecule has 3 heteroatoms. The highest BCUT2D eigenvalue weighted by atomic mass is 32.1. The van der Waals surface area contributed by atoms with Crippen molar-refractivity contribution in [2.45, 2.75) is 19.4 Å². The summed E-state index contributed by atoms with van der Waals surface area (Å²) in [7, 11) is 0. The molecule has 0 aliphatic rings. The van der Waals surface area contributed by atoms with Crippen molar-refractivity contribution < 1.29 is 4.74 Å². The molecule has 12 heavy (non-hydrogen) atoms. The lowest BCUT2D eigenvalue weighted by atomic mass is 10.1. The Balaban J connectivity index is 2.25. The second kappa shape index (κ2) is 5.30. The van der Waals surface area contributed by atoms with Gasteiger partial charge in [0, 0.05) is 19.3 Å². The van der Waals surface area contributed by atoms with Crippen LogP contribution in [-0.4, -0.2) is 13.2 Å². The number of hydrogen-bond donors (Lipinski definition) is 1. The molecule has 1 aromatic heterocycles. The van der Waals surface area contributed by atoms with Crippen LogP contribution in [0.15, 0.2) is 16.8 Å². The van der Waals surface area contributed by atoms with Gasteiger partial charge in [-0.25, -0.2) is 0 Å². The van der Waals surface area contributed by atoms with Crippen molar-refractivity contribution in [2.75, 3.05) is 13.2 Å². The molecule has 0 amide bonds. The summed E-state index contributed by atoms with van der Waals surface area (Å²) in [4.78, 5) is 0. The molecule has 1 aromatic rings. The van der Waals surface area contributed by atoms with Gasteiger partial charge in [-0.3, -0.25) is 0 Å². The standard InChI is InChI=1S/C9H15NOS/c1-2-11-5-3-9(10)8-4-6-12-7-8/h4,6-7,9H,2-3,5,10H2,1H3. The van der Waals surface area contributed by atoms with Crippen molar-refractivity contribution >= 4 is 11.3 Å². The highest BCUT2D eigenvalue weighted by Crippen LogP contribution is 2.16. The van der Waals surface area contributed by atoms with Crippen LogP contribution in [0.1, 0.15) is 24.9 Å². The lowest BCUT2D eigenvalue weighted by Gasteiger charge is -2.08. The minimum absolute atomic E-state index is 0.141. The summed E-state index contributed by atoms with van der Waals surface area (Å²) < 4.78 is 5.23. The average Bonchev–Trinajstić information content (AvgIpc) is 2.56. The number of rotatable bonds is 5. The maximum absolute atomic E-state index is 5.91. The second-order valence-electron chi connectivity index (χ2n) is 2.65. The summed E-state index contributed by atoms with van der Waals surface area (Å²) in [6, 6.07) is 2.21. The molecule has 0 radical (unpaired) electrons. The van der Waals surface area contributed by atoms with Crippen LogP contribution in [0, 0.1) is 0 Å². The Hall–Kier alpha value is -0.380. The zero-order valence-electron chi connectivity index (χ0n) is 7.32. The first-order chi connectivity index (χ1) is 5.84. The Kier molecular flexibility index (Phi) is 4.29. The van der Waals surface area contributed by atoms with E-state index in [-0.39, 0.29) is 6.04 Å². The third-order valence-corrected chi connectivity index (χ3v) is 2.45. The van der Waals surface area contributed by atoms with E-state index in [2.05, 4.69) is 16.8 Å². The van der Waals surface area contributed by atoms with E-state index in [0.29, 0.717) is 0 Å². The van der Waals surface area contributed by atoms with Gasteiger partial charge in [-0.05, 0) is 35.7 Å². The molecule has 1 unspecified atom stereocenters. The summed E-state index contributed by atoms with van der Waals surface area (Å²) in [5.41, 5.74) is 7.13. The van der Waals surface area contributed by atoms with E-state index in [1.54, 1.807) is 11.3 Å². The Bertz CT molecular complexity index is 198. The van der Waals surface area contributed by atoms with E-state index in [1.807, 2.05) is 6.92 Å². The van der Waals surface area contributed by atoms with E-state index >= 15 is 0 Å². The van der Waals surface area contributed by atoms with Gasteiger partial charge in [-0.1, -0.05) is 0 Å². The Morgan fingerprint density at radius 3 is 3.08 bits per heavy atom. The van der Waals surface area contributed by atoms with Gasteiger partial charge in [-0.2, -0.15) is 11.3 Å². The van der Waals surface area contributed by atoms with Crippen LogP contribution in [0.2, 0.25) is 0 Å². The van der Waals surface area contributed by atoms with Gasteiger partial charge in [-0.15, -0.1) is 0 Å². The highest BCUT2D eigenvalue weighted by molar-refractivity contribution is 7.07. The minimum Gasteiger partial charge on any atom is -0.382 e.